The highest BCUT2D eigenvalue weighted by Crippen LogP contribution is 2.50. The molecule has 0 saturated carbocycles. The molecule has 10 rings (SSSR count). The van der Waals surface area contributed by atoms with Crippen molar-refractivity contribution < 1.29 is 8.83 Å². The van der Waals surface area contributed by atoms with Crippen LogP contribution < -0.4 is 26.4 Å². The van der Waals surface area contributed by atoms with Gasteiger partial charge in [0.05, 0.1) is 17.0 Å². The molecule has 0 unspecified atom stereocenters. The molecule has 4 heterocycles. The van der Waals surface area contributed by atoms with Crippen LogP contribution in [-0.2, 0) is 23.7 Å². The SMILES string of the molecule is CC(C)(C)c1cc2c3c(c1)N(c1cccc4c1oc1c(C(C)(C)C)cccc14)c1ccccc1B3c1oc3c(c1N2c1ccccc1)CCCC3. The van der Waals surface area contributed by atoms with Gasteiger partial charge in [0.25, 0.3) is 6.71 Å². The third kappa shape index (κ3) is 4.40. The molecule has 4 nitrogen and oxygen atoms in total. The Morgan fingerprint density at radius 1 is 0.588 bits per heavy atom. The second-order valence-electron chi connectivity index (χ2n) is 16.8. The van der Waals surface area contributed by atoms with Crippen LogP contribution in [0.15, 0.2) is 112 Å². The van der Waals surface area contributed by atoms with Crippen LogP contribution in [0.4, 0.5) is 34.1 Å². The van der Waals surface area contributed by atoms with Gasteiger partial charge in [0, 0.05) is 51.1 Å². The number of rotatable bonds is 2. The van der Waals surface area contributed by atoms with Gasteiger partial charge in [-0.25, -0.2) is 0 Å². The number of aryl methyl sites for hydroxylation is 1. The van der Waals surface area contributed by atoms with Crippen LogP contribution in [0.1, 0.15) is 76.8 Å². The zero-order valence-electron chi connectivity index (χ0n) is 30.4. The first kappa shape index (κ1) is 30.7. The average Bonchev–Trinajstić information content (AvgIpc) is 3.70. The number of para-hydroxylation sites is 4. The summed E-state index contributed by atoms with van der Waals surface area (Å²) in [5.74, 6) is 1.17. The van der Waals surface area contributed by atoms with Crippen molar-refractivity contribution in [2.75, 3.05) is 9.80 Å². The highest BCUT2D eigenvalue weighted by atomic mass is 16.3. The largest absolute Gasteiger partial charge is 0.473 e. The Bertz CT molecular complexity index is 2530. The summed E-state index contributed by atoms with van der Waals surface area (Å²) in [7, 11) is 0. The molecule has 2 aromatic heterocycles. The Hall–Kier alpha value is -5.16. The molecule has 5 heteroatoms. The van der Waals surface area contributed by atoms with E-state index in [0.29, 0.717) is 0 Å². The van der Waals surface area contributed by atoms with Gasteiger partial charge in [-0.1, -0.05) is 108 Å². The maximum absolute atomic E-state index is 7.10. The van der Waals surface area contributed by atoms with Gasteiger partial charge in [-0.05, 0) is 83.0 Å². The molecule has 5 aromatic carbocycles. The van der Waals surface area contributed by atoms with Crippen LogP contribution in [0.2, 0.25) is 0 Å². The first-order valence-corrected chi connectivity index (χ1v) is 18.6. The minimum Gasteiger partial charge on any atom is -0.473 e. The summed E-state index contributed by atoms with van der Waals surface area (Å²) in [4.78, 5) is 5.01. The maximum atomic E-state index is 7.10. The van der Waals surface area contributed by atoms with Crippen LogP contribution in [-0.4, -0.2) is 6.71 Å². The molecule has 0 fully saturated rings. The average molecular weight is 667 g/mol. The van der Waals surface area contributed by atoms with Gasteiger partial charge < -0.3 is 18.6 Å². The van der Waals surface area contributed by atoms with Crippen LogP contribution in [0.25, 0.3) is 21.9 Å². The van der Waals surface area contributed by atoms with Crippen molar-refractivity contribution in [3.8, 4) is 0 Å². The second-order valence-corrected chi connectivity index (χ2v) is 16.8. The molecule has 1 aliphatic carbocycles. The fourth-order valence-electron chi connectivity index (χ4n) is 9.02. The standard InChI is InChI=1S/C46H43BN2O2/c1-45(2,3)28-26-37-40-38(27-28)49(36-24-15-20-31-30-19-14-21-33(46(4,5)6)42(30)51-43(31)36)35-23-12-11-22-34(35)47(40)44-41(32-18-10-13-25-39(32)50-44)48(37)29-16-8-7-9-17-29/h7-9,11-12,14-17,19-24,26-27H,10,13,18,25H2,1-6H3. The zero-order valence-corrected chi connectivity index (χ0v) is 30.4. The van der Waals surface area contributed by atoms with E-state index in [1.165, 1.54) is 74.7 Å². The van der Waals surface area contributed by atoms with E-state index in [9.17, 15) is 0 Å². The third-order valence-corrected chi connectivity index (χ3v) is 11.5. The summed E-state index contributed by atoms with van der Waals surface area (Å²) in [6, 6.07) is 38.0. The zero-order chi connectivity index (χ0) is 34.8. The monoisotopic (exact) mass is 666 g/mol. The molecule has 0 N–H and O–H groups in total. The highest BCUT2D eigenvalue weighted by Gasteiger charge is 2.48. The molecule has 7 aromatic rings. The van der Waals surface area contributed by atoms with E-state index in [1.807, 2.05) is 0 Å². The van der Waals surface area contributed by atoms with E-state index < -0.39 is 0 Å². The topological polar surface area (TPSA) is 32.8 Å². The Labute approximate surface area is 300 Å². The first-order chi connectivity index (χ1) is 24.6. The number of nitrogens with zero attached hydrogens (tertiary/aromatic N) is 2. The molecule has 0 amide bonds. The number of hydrogen-bond acceptors (Lipinski definition) is 4. The summed E-state index contributed by atoms with van der Waals surface area (Å²) in [6.07, 6.45) is 4.40. The lowest BCUT2D eigenvalue weighted by atomic mass is 9.35. The highest BCUT2D eigenvalue weighted by molar-refractivity contribution is 6.99. The molecule has 0 bridgehead atoms. The third-order valence-electron chi connectivity index (χ3n) is 11.5. The van der Waals surface area contributed by atoms with Crippen molar-refractivity contribution in [3.05, 3.63) is 126 Å². The normalized spacial score (nSPS) is 15.2. The van der Waals surface area contributed by atoms with Gasteiger partial charge in [0.1, 0.15) is 11.3 Å². The fourth-order valence-corrected chi connectivity index (χ4v) is 9.02. The Kier molecular flexibility index (Phi) is 6.42. The van der Waals surface area contributed by atoms with E-state index in [-0.39, 0.29) is 17.5 Å². The van der Waals surface area contributed by atoms with Gasteiger partial charge in [-0.2, -0.15) is 0 Å². The van der Waals surface area contributed by atoms with Gasteiger partial charge >= 0.3 is 0 Å². The Morgan fingerprint density at radius 2 is 1.25 bits per heavy atom. The van der Waals surface area contributed by atoms with E-state index in [2.05, 4.69) is 154 Å². The van der Waals surface area contributed by atoms with Gasteiger partial charge in [0.15, 0.2) is 5.58 Å². The molecular formula is C46H43BN2O2. The molecule has 0 atom stereocenters. The van der Waals surface area contributed by atoms with Crippen LogP contribution in [0.5, 0.6) is 0 Å². The predicted octanol–water partition coefficient (Wildman–Crippen LogP) is 10.7. The van der Waals surface area contributed by atoms with Gasteiger partial charge in [-0.3, -0.25) is 0 Å². The van der Waals surface area contributed by atoms with Crippen molar-refractivity contribution in [2.45, 2.75) is 78.1 Å². The minimum atomic E-state index is -0.0882. The van der Waals surface area contributed by atoms with E-state index in [1.54, 1.807) is 0 Å². The summed E-state index contributed by atoms with van der Waals surface area (Å²) < 4.78 is 14.2. The van der Waals surface area contributed by atoms with Gasteiger partial charge in [-0.15, -0.1) is 0 Å². The molecule has 51 heavy (non-hydrogen) atoms. The van der Waals surface area contributed by atoms with Gasteiger partial charge in [0.2, 0.25) is 0 Å². The van der Waals surface area contributed by atoms with Crippen LogP contribution in [0, 0.1) is 0 Å². The fraction of sp³-hybridized carbons (Fsp3) is 0.261. The number of benzene rings is 5. The second kappa shape index (κ2) is 10.7. The molecule has 3 aliphatic rings. The maximum Gasteiger partial charge on any atom is 0.297 e. The van der Waals surface area contributed by atoms with Crippen molar-refractivity contribution in [1.29, 1.82) is 0 Å². The van der Waals surface area contributed by atoms with Crippen LogP contribution in [0.3, 0.4) is 0 Å². The van der Waals surface area contributed by atoms with E-state index >= 15 is 0 Å². The summed E-state index contributed by atoms with van der Waals surface area (Å²) >= 11 is 0. The Morgan fingerprint density at radius 3 is 2.02 bits per heavy atom. The molecule has 0 saturated heterocycles. The summed E-state index contributed by atoms with van der Waals surface area (Å²) in [5, 5.41) is 2.30. The van der Waals surface area contributed by atoms with E-state index in [0.717, 1.165) is 46.1 Å². The number of anilines is 6. The number of furan rings is 2. The van der Waals surface area contributed by atoms with E-state index in [4.69, 9.17) is 8.83 Å². The molecule has 0 radical (unpaired) electrons. The minimum absolute atomic E-state index is 0.0283. The smallest absolute Gasteiger partial charge is 0.297 e. The predicted molar refractivity (Wildman–Crippen MR) is 214 cm³/mol. The lowest BCUT2D eigenvalue weighted by molar-refractivity contribution is 0.497. The quantitative estimate of drug-likeness (QED) is 0.172. The number of hydrogen-bond donors (Lipinski definition) is 0. The summed E-state index contributed by atoms with van der Waals surface area (Å²) in [5.41, 5.74) is 16.3. The summed E-state index contributed by atoms with van der Waals surface area (Å²) in [6.45, 7) is 13.7. The molecule has 0 spiro atoms. The lowest BCUT2D eigenvalue weighted by Gasteiger charge is -2.43. The Balaban J connectivity index is 1.33. The van der Waals surface area contributed by atoms with Crippen molar-refractivity contribution in [2.24, 2.45) is 0 Å². The molecule has 252 valence electrons. The number of fused-ring (bicyclic) bond motifs is 9. The van der Waals surface area contributed by atoms with Crippen LogP contribution >= 0.6 is 0 Å². The first-order valence-electron chi connectivity index (χ1n) is 18.6. The lowest BCUT2D eigenvalue weighted by Crippen LogP contribution is -2.61. The molecular weight excluding hydrogens is 623 g/mol. The molecule has 2 aliphatic heterocycles. The van der Waals surface area contributed by atoms with Crippen molar-refractivity contribution in [1.82, 2.24) is 0 Å². The van der Waals surface area contributed by atoms with Crippen molar-refractivity contribution in [3.63, 3.8) is 0 Å². The van der Waals surface area contributed by atoms with Crippen molar-refractivity contribution >= 4 is 79.4 Å².